The predicted octanol–water partition coefficient (Wildman–Crippen LogP) is 3.28. The molecule has 2 aromatic rings. The molecule has 0 saturated carbocycles. The van der Waals surface area contributed by atoms with E-state index in [1.54, 1.807) is 22.9 Å². The molecule has 0 aliphatic rings. The molecule has 5 nitrogen and oxygen atoms in total. The molecule has 112 valence electrons. The molecule has 1 aromatic carbocycles. The number of rotatable bonds is 6. The largest absolute Gasteiger partial charge is 0.490 e. The van der Waals surface area contributed by atoms with Gasteiger partial charge in [0.1, 0.15) is 6.61 Å². The molecule has 0 radical (unpaired) electrons. The van der Waals surface area contributed by atoms with Gasteiger partial charge >= 0.3 is 0 Å². The Balaban J connectivity index is 2.28. The highest BCUT2D eigenvalue weighted by molar-refractivity contribution is 9.10. The van der Waals surface area contributed by atoms with Crippen molar-refractivity contribution in [3.8, 4) is 11.5 Å². The number of hydrogen-bond acceptors (Lipinski definition) is 4. The van der Waals surface area contributed by atoms with Crippen molar-refractivity contribution in [3.05, 3.63) is 39.6 Å². The number of aromatic nitrogens is 2. The van der Waals surface area contributed by atoms with E-state index in [1.807, 2.05) is 20.9 Å². The molecule has 0 fully saturated rings. The summed E-state index contributed by atoms with van der Waals surface area (Å²) in [5.74, 6) is 1.03. The minimum atomic E-state index is 0.294. The van der Waals surface area contributed by atoms with Gasteiger partial charge in [-0.1, -0.05) is 6.07 Å². The van der Waals surface area contributed by atoms with Gasteiger partial charge in [-0.2, -0.15) is 5.10 Å². The van der Waals surface area contributed by atoms with Crippen LogP contribution in [0.3, 0.4) is 0 Å². The summed E-state index contributed by atoms with van der Waals surface area (Å²) in [7, 11) is 1.85. The molecule has 6 heteroatoms. The standard InChI is InChI=1S/C15H17BrN2O3/c1-4-20-13-7-5-6-11(8-19)15(13)21-9-12-14(16)10(2)17-18(12)3/h5-8H,4,9H2,1-3H3. The van der Waals surface area contributed by atoms with Crippen LogP contribution < -0.4 is 9.47 Å². The van der Waals surface area contributed by atoms with Crippen molar-refractivity contribution in [1.29, 1.82) is 0 Å². The van der Waals surface area contributed by atoms with Crippen LogP contribution in [0, 0.1) is 6.92 Å². The minimum Gasteiger partial charge on any atom is -0.490 e. The maximum atomic E-state index is 11.2. The second-order valence-corrected chi connectivity index (χ2v) is 5.28. The van der Waals surface area contributed by atoms with Gasteiger partial charge in [0.15, 0.2) is 17.8 Å². The zero-order valence-corrected chi connectivity index (χ0v) is 13.8. The normalized spacial score (nSPS) is 10.5. The van der Waals surface area contributed by atoms with Crippen LogP contribution in [-0.4, -0.2) is 22.7 Å². The molecular weight excluding hydrogens is 336 g/mol. The van der Waals surface area contributed by atoms with Crippen molar-refractivity contribution in [2.24, 2.45) is 7.05 Å². The number of carbonyl (C=O) groups excluding carboxylic acids is 1. The second kappa shape index (κ2) is 6.76. The number of benzene rings is 1. The fraction of sp³-hybridized carbons (Fsp3) is 0.333. The van der Waals surface area contributed by atoms with Gasteiger partial charge in [0.05, 0.1) is 28.0 Å². The van der Waals surface area contributed by atoms with Crippen molar-refractivity contribution >= 4 is 22.2 Å². The third-order valence-corrected chi connectivity index (χ3v) is 4.08. The lowest BCUT2D eigenvalue weighted by molar-refractivity contribution is 0.111. The highest BCUT2D eigenvalue weighted by Crippen LogP contribution is 2.32. The molecule has 0 aliphatic heterocycles. The Kier molecular flexibility index (Phi) is 5.01. The van der Waals surface area contributed by atoms with Crippen LogP contribution in [0.2, 0.25) is 0 Å². The Morgan fingerprint density at radius 1 is 1.38 bits per heavy atom. The summed E-state index contributed by atoms with van der Waals surface area (Å²) in [5.41, 5.74) is 2.26. The van der Waals surface area contributed by atoms with E-state index in [0.29, 0.717) is 30.3 Å². The smallest absolute Gasteiger partial charge is 0.172 e. The zero-order valence-electron chi connectivity index (χ0n) is 12.2. The quantitative estimate of drug-likeness (QED) is 0.748. The molecule has 0 spiro atoms. The fourth-order valence-corrected chi connectivity index (χ4v) is 2.48. The molecule has 0 unspecified atom stereocenters. The lowest BCUT2D eigenvalue weighted by Crippen LogP contribution is -2.06. The number of hydrogen-bond donors (Lipinski definition) is 0. The molecule has 0 bridgehead atoms. The third-order valence-electron chi connectivity index (χ3n) is 3.05. The topological polar surface area (TPSA) is 53.4 Å². The summed E-state index contributed by atoms with van der Waals surface area (Å²) in [6, 6.07) is 5.26. The van der Waals surface area contributed by atoms with Crippen LogP contribution in [-0.2, 0) is 13.7 Å². The van der Waals surface area contributed by atoms with Crippen molar-refractivity contribution in [2.75, 3.05) is 6.61 Å². The van der Waals surface area contributed by atoms with Gasteiger partial charge in [-0.3, -0.25) is 9.48 Å². The van der Waals surface area contributed by atoms with Gasteiger partial charge in [0.2, 0.25) is 0 Å². The monoisotopic (exact) mass is 352 g/mol. The Morgan fingerprint density at radius 3 is 2.71 bits per heavy atom. The summed E-state index contributed by atoms with van der Waals surface area (Å²) < 4.78 is 14.0. The zero-order chi connectivity index (χ0) is 15.4. The van der Waals surface area contributed by atoms with Crippen LogP contribution in [0.5, 0.6) is 11.5 Å². The van der Waals surface area contributed by atoms with Gasteiger partial charge in [-0.25, -0.2) is 0 Å². The van der Waals surface area contributed by atoms with Crippen LogP contribution in [0.25, 0.3) is 0 Å². The van der Waals surface area contributed by atoms with Gasteiger partial charge in [0, 0.05) is 7.05 Å². The third kappa shape index (κ3) is 3.26. The highest BCUT2D eigenvalue weighted by Gasteiger charge is 2.15. The first kappa shape index (κ1) is 15.6. The lowest BCUT2D eigenvalue weighted by Gasteiger charge is -2.14. The van der Waals surface area contributed by atoms with Crippen molar-refractivity contribution in [2.45, 2.75) is 20.5 Å². The van der Waals surface area contributed by atoms with E-state index in [0.717, 1.165) is 22.1 Å². The van der Waals surface area contributed by atoms with Crippen LogP contribution >= 0.6 is 15.9 Å². The van der Waals surface area contributed by atoms with Gasteiger partial charge in [-0.05, 0) is 41.9 Å². The van der Waals surface area contributed by atoms with Crippen LogP contribution in [0.1, 0.15) is 28.7 Å². The molecule has 1 aromatic heterocycles. The van der Waals surface area contributed by atoms with E-state index in [9.17, 15) is 4.79 Å². The minimum absolute atomic E-state index is 0.294. The fourth-order valence-electron chi connectivity index (χ4n) is 2.03. The summed E-state index contributed by atoms with van der Waals surface area (Å²) in [6.07, 6.45) is 0.765. The number of halogens is 1. The second-order valence-electron chi connectivity index (χ2n) is 4.48. The summed E-state index contributed by atoms with van der Waals surface area (Å²) in [5, 5.41) is 4.31. The summed E-state index contributed by atoms with van der Waals surface area (Å²) >= 11 is 3.50. The molecule has 2 rings (SSSR count). The Morgan fingerprint density at radius 2 is 2.14 bits per heavy atom. The van der Waals surface area contributed by atoms with Gasteiger partial charge in [-0.15, -0.1) is 0 Å². The Hall–Kier alpha value is -1.82. The van der Waals surface area contributed by atoms with E-state index in [1.165, 1.54) is 0 Å². The number of para-hydroxylation sites is 1. The Bertz CT molecular complexity index is 653. The van der Waals surface area contributed by atoms with Crippen molar-refractivity contribution < 1.29 is 14.3 Å². The van der Waals surface area contributed by atoms with Gasteiger partial charge < -0.3 is 9.47 Å². The van der Waals surface area contributed by atoms with Crippen molar-refractivity contribution in [1.82, 2.24) is 9.78 Å². The van der Waals surface area contributed by atoms with Crippen molar-refractivity contribution in [3.63, 3.8) is 0 Å². The van der Waals surface area contributed by atoms with E-state index in [4.69, 9.17) is 9.47 Å². The van der Waals surface area contributed by atoms with E-state index >= 15 is 0 Å². The summed E-state index contributed by atoms with van der Waals surface area (Å²) in [4.78, 5) is 11.2. The maximum Gasteiger partial charge on any atom is 0.172 e. The Labute approximate surface area is 132 Å². The van der Waals surface area contributed by atoms with Gasteiger partial charge in [0.25, 0.3) is 0 Å². The maximum absolute atomic E-state index is 11.2. The SMILES string of the molecule is CCOc1cccc(C=O)c1OCc1c(Br)c(C)nn1C. The molecule has 0 N–H and O–H groups in total. The number of carbonyl (C=O) groups is 1. The average molecular weight is 353 g/mol. The lowest BCUT2D eigenvalue weighted by atomic mass is 10.2. The molecular formula is C15H17BrN2O3. The first-order chi connectivity index (χ1) is 10.1. The molecule has 0 atom stereocenters. The number of nitrogens with zero attached hydrogens (tertiary/aromatic N) is 2. The summed E-state index contributed by atoms with van der Waals surface area (Å²) in [6.45, 7) is 4.60. The highest BCUT2D eigenvalue weighted by atomic mass is 79.9. The van der Waals surface area contributed by atoms with E-state index in [-0.39, 0.29) is 0 Å². The molecule has 1 heterocycles. The first-order valence-electron chi connectivity index (χ1n) is 6.60. The molecule has 0 aliphatic carbocycles. The average Bonchev–Trinajstić information content (AvgIpc) is 2.71. The first-order valence-corrected chi connectivity index (χ1v) is 7.39. The number of ether oxygens (including phenoxy) is 2. The molecule has 21 heavy (non-hydrogen) atoms. The molecule has 0 saturated heterocycles. The van der Waals surface area contributed by atoms with Crippen LogP contribution in [0.15, 0.2) is 22.7 Å². The molecule has 0 amide bonds. The van der Waals surface area contributed by atoms with E-state index in [2.05, 4.69) is 21.0 Å². The predicted molar refractivity (Wildman–Crippen MR) is 83.0 cm³/mol. The number of aryl methyl sites for hydroxylation is 2. The van der Waals surface area contributed by atoms with E-state index < -0.39 is 0 Å². The number of aldehydes is 1. The van der Waals surface area contributed by atoms with Crippen LogP contribution in [0.4, 0.5) is 0 Å².